The smallest absolute Gasteiger partial charge is 0.271 e. The number of hydrogen-bond donors (Lipinski definition) is 1. The van der Waals surface area contributed by atoms with E-state index in [-0.39, 0.29) is 5.91 Å². The third-order valence-corrected chi connectivity index (χ3v) is 3.69. The molecule has 0 aromatic heterocycles. The van der Waals surface area contributed by atoms with Crippen LogP contribution in [0.4, 0.5) is 5.69 Å². The predicted molar refractivity (Wildman–Crippen MR) is 91.0 cm³/mol. The molecule has 1 heterocycles. The van der Waals surface area contributed by atoms with Gasteiger partial charge in [0, 0.05) is 24.3 Å². The van der Waals surface area contributed by atoms with Crippen molar-refractivity contribution < 1.29 is 9.53 Å². The number of hydrazone groups is 1. The molecule has 1 amide bonds. The van der Waals surface area contributed by atoms with E-state index >= 15 is 0 Å². The van der Waals surface area contributed by atoms with Gasteiger partial charge in [0.1, 0.15) is 0 Å². The summed E-state index contributed by atoms with van der Waals surface area (Å²) in [5, 5.41) is 4.00. The van der Waals surface area contributed by atoms with Crippen LogP contribution < -0.4 is 10.3 Å². The van der Waals surface area contributed by atoms with Crippen LogP contribution >= 0.6 is 0 Å². The van der Waals surface area contributed by atoms with E-state index in [1.54, 1.807) is 18.3 Å². The first-order chi connectivity index (χ1) is 11.3. The average Bonchev–Trinajstić information content (AvgIpc) is 2.64. The number of morpholine rings is 1. The van der Waals surface area contributed by atoms with E-state index in [2.05, 4.69) is 27.6 Å². The van der Waals surface area contributed by atoms with Gasteiger partial charge in [0.25, 0.3) is 5.91 Å². The van der Waals surface area contributed by atoms with E-state index < -0.39 is 0 Å². The summed E-state index contributed by atoms with van der Waals surface area (Å²) in [6, 6.07) is 17.1. The summed E-state index contributed by atoms with van der Waals surface area (Å²) in [7, 11) is 0. The van der Waals surface area contributed by atoms with E-state index in [1.807, 2.05) is 30.3 Å². The van der Waals surface area contributed by atoms with Crippen LogP contribution in [0.2, 0.25) is 0 Å². The highest BCUT2D eigenvalue weighted by Crippen LogP contribution is 2.15. The molecule has 0 radical (unpaired) electrons. The zero-order valence-corrected chi connectivity index (χ0v) is 12.8. The highest BCUT2D eigenvalue weighted by Gasteiger charge is 2.10. The molecule has 0 aliphatic carbocycles. The van der Waals surface area contributed by atoms with Gasteiger partial charge in [0.2, 0.25) is 0 Å². The second-order valence-corrected chi connectivity index (χ2v) is 5.26. The van der Waals surface area contributed by atoms with Gasteiger partial charge >= 0.3 is 0 Å². The number of benzene rings is 2. The number of anilines is 1. The molecule has 0 saturated carbocycles. The lowest BCUT2D eigenvalue weighted by molar-refractivity contribution is 0.0955. The molecule has 0 spiro atoms. The first-order valence-corrected chi connectivity index (χ1v) is 7.64. The Hall–Kier alpha value is -2.66. The maximum atomic E-state index is 11.9. The Morgan fingerprint density at radius 3 is 2.43 bits per heavy atom. The van der Waals surface area contributed by atoms with Crippen molar-refractivity contribution in [1.29, 1.82) is 0 Å². The van der Waals surface area contributed by atoms with Gasteiger partial charge in [-0.15, -0.1) is 0 Å². The molecule has 2 aromatic carbocycles. The third kappa shape index (κ3) is 4.17. The van der Waals surface area contributed by atoms with Crippen molar-refractivity contribution in [2.45, 2.75) is 0 Å². The molecule has 1 fully saturated rings. The maximum Gasteiger partial charge on any atom is 0.271 e. The van der Waals surface area contributed by atoms with E-state index in [0.29, 0.717) is 5.56 Å². The molecule has 1 aliphatic rings. The highest BCUT2D eigenvalue weighted by molar-refractivity contribution is 5.94. The van der Waals surface area contributed by atoms with Crippen LogP contribution in [0.5, 0.6) is 0 Å². The number of nitrogens with one attached hydrogen (secondary N) is 1. The number of nitrogens with zero attached hydrogens (tertiary/aromatic N) is 2. The number of carbonyl (C=O) groups is 1. The summed E-state index contributed by atoms with van der Waals surface area (Å²) in [6.07, 6.45) is 1.64. The zero-order valence-electron chi connectivity index (χ0n) is 12.8. The molecule has 23 heavy (non-hydrogen) atoms. The second kappa shape index (κ2) is 7.56. The van der Waals surface area contributed by atoms with Crippen LogP contribution in [0.25, 0.3) is 0 Å². The van der Waals surface area contributed by atoms with Gasteiger partial charge in [0.05, 0.1) is 19.4 Å². The van der Waals surface area contributed by atoms with Crippen LogP contribution in [-0.4, -0.2) is 38.4 Å². The van der Waals surface area contributed by atoms with Gasteiger partial charge < -0.3 is 9.64 Å². The van der Waals surface area contributed by atoms with Crippen molar-refractivity contribution in [3.8, 4) is 0 Å². The number of rotatable bonds is 4. The van der Waals surface area contributed by atoms with Gasteiger partial charge in [-0.1, -0.05) is 30.3 Å². The Bertz CT molecular complexity index is 662. The van der Waals surface area contributed by atoms with Crippen LogP contribution in [0.3, 0.4) is 0 Å². The second-order valence-electron chi connectivity index (χ2n) is 5.26. The lowest BCUT2D eigenvalue weighted by Crippen LogP contribution is -2.36. The van der Waals surface area contributed by atoms with E-state index in [9.17, 15) is 4.79 Å². The number of amides is 1. The lowest BCUT2D eigenvalue weighted by Gasteiger charge is -2.28. The Morgan fingerprint density at radius 1 is 1.04 bits per heavy atom. The largest absolute Gasteiger partial charge is 0.378 e. The fourth-order valence-corrected chi connectivity index (χ4v) is 2.41. The van der Waals surface area contributed by atoms with Gasteiger partial charge in [0.15, 0.2) is 0 Å². The maximum absolute atomic E-state index is 11.9. The Morgan fingerprint density at radius 2 is 1.74 bits per heavy atom. The molecular weight excluding hydrogens is 290 g/mol. The Labute approximate surface area is 135 Å². The standard InChI is InChI=1S/C18H19N3O2/c22-18(16-4-2-1-3-5-16)20-19-14-15-6-8-17(9-7-15)21-10-12-23-13-11-21/h1-9,14H,10-13H2,(H,20,22)/b19-14+. The Balaban J connectivity index is 1.56. The minimum Gasteiger partial charge on any atom is -0.378 e. The van der Waals surface area contributed by atoms with E-state index in [1.165, 1.54) is 5.69 Å². The number of ether oxygens (including phenoxy) is 1. The fourth-order valence-electron chi connectivity index (χ4n) is 2.41. The molecule has 1 saturated heterocycles. The van der Waals surface area contributed by atoms with Crippen molar-refractivity contribution in [3.05, 3.63) is 65.7 Å². The summed E-state index contributed by atoms with van der Waals surface area (Å²) < 4.78 is 5.35. The van der Waals surface area contributed by atoms with Crippen molar-refractivity contribution >= 4 is 17.8 Å². The predicted octanol–water partition coefficient (Wildman–Crippen LogP) is 2.29. The van der Waals surface area contributed by atoms with Gasteiger partial charge in [-0.05, 0) is 29.8 Å². The first-order valence-electron chi connectivity index (χ1n) is 7.64. The molecule has 0 unspecified atom stereocenters. The molecule has 3 rings (SSSR count). The molecule has 5 nitrogen and oxygen atoms in total. The first kappa shape index (κ1) is 15.2. The Kier molecular flexibility index (Phi) is 5.01. The quantitative estimate of drug-likeness (QED) is 0.696. The molecule has 0 atom stereocenters. The summed E-state index contributed by atoms with van der Waals surface area (Å²) in [5.41, 5.74) is 5.24. The van der Waals surface area contributed by atoms with Crippen LogP contribution in [-0.2, 0) is 4.74 Å². The fraction of sp³-hybridized carbons (Fsp3) is 0.222. The van der Waals surface area contributed by atoms with Crippen LogP contribution in [0.1, 0.15) is 15.9 Å². The van der Waals surface area contributed by atoms with Crippen molar-refractivity contribution in [3.63, 3.8) is 0 Å². The minimum absolute atomic E-state index is 0.216. The van der Waals surface area contributed by atoms with Gasteiger partial charge in [-0.2, -0.15) is 5.10 Å². The van der Waals surface area contributed by atoms with Crippen LogP contribution in [0.15, 0.2) is 59.7 Å². The minimum atomic E-state index is -0.216. The molecule has 2 aromatic rings. The summed E-state index contributed by atoms with van der Waals surface area (Å²) in [5.74, 6) is -0.216. The summed E-state index contributed by atoms with van der Waals surface area (Å²) in [6.45, 7) is 3.38. The molecule has 1 aliphatic heterocycles. The van der Waals surface area contributed by atoms with Gasteiger partial charge in [-0.25, -0.2) is 5.43 Å². The average molecular weight is 309 g/mol. The zero-order chi connectivity index (χ0) is 15.9. The van der Waals surface area contributed by atoms with Crippen LogP contribution in [0, 0.1) is 0 Å². The number of carbonyl (C=O) groups excluding carboxylic acids is 1. The summed E-state index contributed by atoms with van der Waals surface area (Å²) >= 11 is 0. The molecule has 5 heteroatoms. The monoisotopic (exact) mass is 309 g/mol. The molecule has 1 N–H and O–H groups in total. The summed E-state index contributed by atoms with van der Waals surface area (Å²) in [4.78, 5) is 14.1. The number of hydrogen-bond acceptors (Lipinski definition) is 4. The highest BCUT2D eigenvalue weighted by atomic mass is 16.5. The topological polar surface area (TPSA) is 53.9 Å². The molecular formula is C18H19N3O2. The molecule has 0 bridgehead atoms. The van der Waals surface area contributed by atoms with Gasteiger partial charge in [-0.3, -0.25) is 4.79 Å². The lowest BCUT2D eigenvalue weighted by atomic mass is 10.2. The molecule has 118 valence electrons. The normalized spacial score (nSPS) is 14.9. The van der Waals surface area contributed by atoms with E-state index in [4.69, 9.17) is 4.74 Å². The van der Waals surface area contributed by atoms with Crippen molar-refractivity contribution in [1.82, 2.24) is 5.43 Å². The third-order valence-electron chi connectivity index (χ3n) is 3.69. The van der Waals surface area contributed by atoms with Crippen molar-refractivity contribution in [2.24, 2.45) is 5.10 Å². The SMILES string of the molecule is O=C(N/N=C/c1ccc(N2CCOCC2)cc1)c1ccccc1. The van der Waals surface area contributed by atoms with Crippen molar-refractivity contribution in [2.75, 3.05) is 31.2 Å². The van der Waals surface area contributed by atoms with E-state index in [0.717, 1.165) is 31.9 Å².